The highest BCUT2D eigenvalue weighted by Gasteiger charge is 2.71. The van der Waals surface area contributed by atoms with Gasteiger partial charge in [-0.05, 0) is 18.4 Å². The van der Waals surface area contributed by atoms with Crippen LogP contribution in [0.1, 0.15) is 30.9 Å². The summed E-state index contributed by atoms with van der Waals surface area (Å²) in [5, 5.41) is 12.5. The Labute approximate surface area is 262 Å². The molecule has 0 saturated carbocycles. The second-order valence-electron chi connectivity index (χ2n) is 12.2. The van der Waals surface area contributed by atoms with E-state index in [2.05, 4.69) is 10.2 Å². The molecule has 12 heteroatoms. The van der Waals surface area contributed by atoms with Crippen LogP contribution in [-0.4, -0.2) is 127 Å². The predicted octanol–water partition coefficient (Wildman–Crippen LogP) is 0.431. The van der Waals surface area contributed by atoms with Crippen molar-refractivity contribution >= 4 is 23.7 Å². The first-order valence-electron chi connectivity index (χ1n) is 16.0. The zero-order chi connectivity index (χ0) is 31.4. The van der Waals surface area contributed by atoms with Gasteiger partial charge in [-0.3, -0.25) is 24.1 Å². The number of nitrogens with zero attached hydrogens (tertiary/aromatic N) is 3. The van der Waals surface area contributed by atoms with Crippen LogP contribution in [0.4, 0.5) is 0 Å². The molecule has 6 rings (SSSR count). The fraction of sp³-hybridized carbons (Fsp3) is 0.576. The Morgan fingerprint density at radius 2 is 1.78 bits per heavy atom. The summed E-state index contributed by atoms with van der Waals surface area (Å²) in [5.74, 6) is -3.42. The van der Waals surface area contributed by atoms with Crippen molar-refractivity contribution in [2.75, 3.05) is 65.6 Å². The third-order valence-electron chi connectivity index (χ3n) is 9.47. The van der Waals surface area contributed by atoms with Gasteiger partial charge in [0.2, 0.25) is 17.7 Å². The molecular formula is C33H42N4O8. The highest BCUT2D eigenvalue weighted by Crippen LogP contribution is 2.53. The number of fused-ring (bicyclic) bond motifs is 2. The highest BCUT2D eigenvalue weighted by molar-refractivity contribution is 5.99. The molecule has 1 aromatic carbocycles. The van der Waals surface area contributed by atoms with Crippen molar-refractivity contribution in [1.29, 1.82) is 0 Å². The number of morpholine rings is 1. The minimum absolute atomic E-state index is 0.0854. The van der Waals surface area contributed by atoms with Crippen LogP contribution in [0, 0.1) is 11.8 Å². The van der Waals surface area contributed by atoms with E-state index in [9.17, 15) is 24.3 Å². The molecule has 2 N–H and O–H groups in total. The summed E-state index contributed by atoms with van der Waals surface area (Å²) in [6.45, 7) is 4.46. The number of carbonyl (C=O) groups excluding carboxylic acids is 4. The molecular weight excluding hydrogens is 580 g/mol. The van der Waals surface area contributed by atoms with Gasteiger partial charge in [0.1, 0.15) is 23.7 Å². The number of aliphatic hydroxyl groups is 1. The van der Waals surface area contributed by atoms with Crippen LogP contribution in [0.15, 0.2) is 54.6 Å². The second kappa shape index (κ2) is 13.8. The third-order valence-corrected chi connectivity index (χ3v) is 9.47. The molecule has 1 aromatic rings. The van der Waals surface area contributed by atoms with Crippen LogP contribution in [0.3, 0.4) is 0 Å². The SMILES string of the molecule is O=C1CC/C=C\[C@H]2O[C@]34C=CCN(CCN5CCOCC5)C(=O)[C@H]3N(CCCO)C(=O)[C@@H]4[C@H]2C(=O)O[C@H](c2ccccc2)CN1. The average Bonchev–Trinajstić information content (AvgIpc) is 3.44. The molecule has 12 nitrogen and oxygen atoms in total. The van der Waals surface area contributed by atoms with Gasteiger partial charge in [-0.1, -0.05) is 54.6 Å². The van der Waals surface area contributed by atoms with E-state index in [1.165, 1.54) is 4.90 Å². The maximum absolute atomic E-state index is 14.4. The van der Waals surface area contributed by atoms with E-state index in [4.69, 9.17) is 14.2 Å². The maximum atomic E-state index is 14.4. The lowest BCUT2D eigenvalue weighted by atomic mass is 9.78. The molecule has 0 bridgehead atoms. The van der Waals surface area contributed by atoms with Crippen LogP contribution in [0.25, 0.3) is 0 Å². The summed E-state index contributed by atoms with van der Waals surface area (Å²) >= 11 is 0. The number of carbonyl (C=O) groups is 4. The molecule has 3 saturated heterocycles. The summed E-state index contributed by atoms with van der Waals surface area (Å²) in [6.07, 6.45) is 6.52. The Balaban J connectivity index is 1.34. The van der Waals surface area contributed by atoms with Crippen LogP contribution in [0.2, 0.25) is 0 Å². The fourth-order valence-electron chi connectivity index (χ4n) is 7.22. The highest BCUT2D eigenvalue weighted by atomic mass is 16.6. The number of nitrogens with one attached hydrogen (secondary N) is 1. The number of hydrogen-bond donors (Lipinski definition) is 2. The van der Waals surface area contributed by atoms with Gasteiger partial charge in [0.25, 0.3) is 0 Å². The molecule has 3 amide bonds. The van der Waals surface area contributed by atoms with Crippen molar-refractivity contribution in [2.24, 2.45) is 11.8 Å². The summed E-state index contributed by atoms with van der Waals surface area (Å²) < 4.78 is 18.3. The first kappa shape index (κ1) is 31.4. The molecule has 5 aliphatic heterocycles. The monoisotopic (exact) mass is 622 g/mol. The topological polar surface area (TPSA) is 138 Å². The van der Waals surface area contributed by atoms with Gasteiger partial charge in [-0.25, -0.2) is 0 Å². The normalized spacial score (nSPS) is 33.3. The molecule has 0 unspecified atom stereocenters. The smallest absolute Gasteiger partial charge is 0.313 e. The lowest BCUT2D eigenvalue weighted by molar-refractivity contribution is -0.160. The van der Waals surface area contributed by atoms with E-state index >= 15 is 0 Å². The Kier molecular flexibility index (Phi) is 9.64. The number of allylic oxidation sites excluding steroid dienone is 1. The van der Waals surface area contributed by atoms with Gasteiger partial charge in [-0.15, -0.1) is 0 Å². The first-order valence-corrected chi connectivity index (χ1v) is 16.0. The lowest BCUT2D eigenvalue weighted by Crippen LogP contribution is -2.56. The van der Waals surface area contributed by atoms with Crippen molar-refractivity contribution in [3.63, 3.8) is 0 Å². The summed E-state index contributed by atoms with van der Waals surface area (Å²) in [5.41, 5.74) is -0.684. The Hall–Kier alpha value is -3.58. The zero-order valence-electron chi connectivity index (χ0n) is 25.4. The van der Waals surface area contributed by atoms with E-state index < -0.39 is 41.7 Å². The number of likely N-dealkylation sites (tertiary alicyclic amines) is 1. The molecule has 242 valence electrons. The van der Waals surface area contributed by atoms with E-state index in [1.807, 2.05) is 36.4 Å². The van der Waals surface area contributed by atoms with E-state index in [0.29, 0.717) is 44.8 Å². The van der Waals surface area contributed by atoms with Gasteiger partial charge < -0.3 is 34.4 Å². The fourth-order valence-corrected chi connectivity index (χ4v) is 7.22. The predicted molar refractivity (Wildman–Crippen MR) is 161 cm³/mol. The number of benzene rings is 1. The van der Waals surface area contributed by atoms with Gasteiger partial charge in [0.15, 0.2) is 0 Å². The molecule has 0 radical (unpaired) electrons. The molecule has 1 spiro atoms. The summed E-state index contributed by atoms with van der Waals surface area (Å²) in [4.78, 5) is 60.9. The quantitative estimate of drug-likeness (QED) is 0.328. The minimum atomic E-state index is -1.40. The molecule has 0 aliphatic carbocycles. The number of esters is 1. The average molecular weight is 623 g/mol. The number of aliphatic hydroxyl groups excluding tert-OH is 1. The van der Waals surface area contributed by atoms with E-state index in [1.54, 1.807) is 23.1 Å². The molecule has 45 heavy (non-hydrogen) atoms. The van der Waals surface area contributed by atoms with Crippen molar-refractivity contribution in [3.8, 4) is 0 Å². The van der Waals surface area contributed by atoms with Gasteiger partial charge in [0, 0.05) is 52.3 Å². The summed E-state index contributed by atoms with van der Waals surface area (Å²) in [7, 11) is 0. The Morgan fingerprint density at radius 3 is 2.56 bits per heavy atom. The number of rotatable bonds is 7. The molecule has 5 heterocycles. The van der Waals surface area contributed by atoms with Crippen LogP contribution in [-0.2, 0) is 33.4 Å². The van der Waals surface area contributed by atoms with Gasteiger partial charge in [-0.2, -0.15) is 0 Å². The standard InChI is InChI=1S/C33H42N4O8/c38-19-7-14-37-29-31(41)36(16-15-35-17-20-43-21-18-35)13-6-12-33(29)28(30(37)40)27-24(45-33)10-4-5-11-26(39)34-22-25(44-32(27)42)23-8-2-1-3-9-23/h1-4,6,8-10,12,24-25,27-29,38H,5,7,11,13-22H2,(H,34,39)/b10-4-/t24-,25+,27+,28+,29-,33+/m1/s1. The van der Waals surface area contributed by atoms with Crippen molar-refractivity contribution < 1.29 is 38.5 Å². The number of amides is 3. The maximum Gasteiger partial charge on any atom is 0.313 e. The second-order valence-corrected chi connectivity index (χ2v) is 12.2. The molecule has 5 aliphatic rings. The summed E-state index contributed by atoms with van der Waals surface area (Å²) in [6, 6.07) is 8.17. The van der Waals surface area contributed by atoms with Crippen LogP contribution in [0.5, 0.6) is 0 Å². The number of cyclic esters (lactones) is 1. The first-order chi connectivity index (χ1) is 21.9. The van der Waals surface area contributed by atoms with Crippen molar-refractivity contribution in [1.82, 2.24) is 20.0 Å². The molecule has 6 atom stereocenters. The number of ether oxygens (including phenoxy) is 3. The van der Waals surface area contributed by atoms with Crippen LogP contribution < -0.4 is 5.32 Å². The largest absolute Gasteiger partial charge is 0.455 e. The minimum Gasteiger partial charge on any atom is -0.455 e. The molecule has 3 fully saturated rings. The Morgan fingerprint density at radius 1 is 0.978 bits per heavy atom. The third kappa shape index (κ3) is 6.29. The van der Waals surface area contributed by atoms with Crippen LogP contribution >= 0.6 is 0 Å². The van der Waals surface area contributed by atoms with E-state index in [-0.39, 0.29) is 50.3 Å². The van der Waals surface area contributed by atoms with Gasteiger partial charge in [0.05, 0.1) is 31.8 Å². The molecule has 0 aromatic heterocycles. The number of hydrogen-bond acceptors (Lipinski definition) is 9. The zero-order valence-corrected chi connectivity index (χ0v) is 25.4. The lowest BCUT2D eigenvalue weighted by Gasteiger charge is -2.36. The van der Waals surface area contributed by atoms with Crippen molar-refractivity contribution in [3.05, 3.63) is 60.2 Å². The van der Waals surface area contributed by atoms with E-state index in [0.717, 1.165) is 13.1 Å². The van der Waals surface area contributed by atoms with Gasteiger partial charge >= 0.3 is 5.97 Å². The van der Waals surface area contributed by atoms with Crippen molar-refractivity contribution in [2.45, 2.75) is 43.1 Å². The Bertz CT molecular complexity index is 1310.